The number of anilines is 2. The Morgan fingerprint density at radius 1 is 1.37 bits per heavy atom. The lowest BCUT2D eigenvalue weighted by Gasteiger charge is -2.20. The predicted octanol–water partition coefficient (Wildman–Crippen LogP) is 3.26. The average Bonchev–Trinajstić information content (AvgIpc) is 2.97. The van der Waals surface area contributed by atoms with Gasteiger partial charge >= 0.3 is 0 Å². The first-order valence-electron chi connectivity index (χ1n) is 8.53. The molecule has 1 aliphatic rings. The van der Waals surface area contributed by atoms with Crippen molar-refractivity contribution >= 4 is 38.8 Å². The van der Waals surface area contributed by atoms with Gasteiger partial charge in [0.25, 0.3) is 5.91 Å². The third-order valence-corrected chi connectivity index (χ3v) is 5.54. The van der Waals surface area contributed by atoms with Crippen molar-refractivity contribution in [2.45, 2.75) is 20.0 Å². The molecule has 0 bridgehead atoms. The van der Waals surface area contributed by atoms with Gasteiger partial charge in [-0.25, -0.2) is 4.98 Å². The second-order valence-electron chi connectivity index (χ2n) is 6.32. The van der Waals surface area contributed by atoms with E-state index in [2.05, 4.69) is 10.3 Å². The van der Waals surface area contributed by atoms with Gasteiger partial charge in [0.2, 0.25) is 0 Å². The molecule has 8 heteroatoms. The van der Waals surface area contributed by atoms with Crippen molar-refractivity contribution in [2.75, 3.05) is 24.3 Å². The Bertz CT molecular complexity index is 1050. The van der Waals surface area contributed by atoms with Crippen molar-refractivity contribution in [1.29, 1.82) is 0 Å². The third kappa shape index (κ3) is 3.07. The number of nitrogens with zero attached hydrogens (tertiary/aromatic N) is 1. The molecule has 140 valence electrons. The molecule has 7 nitrogen and oxygen atoms in total. The van der Waals surface area contributed by atoms with Crippen molar-refractivity contribution in [3.8, 4) is 11.5 Å². The van der Waals surface area contributed by atoms with Crippen LogP contribution < -0.4 is 20.5 Å². The fraction of sp³-hybridized carbons (Fsp3) is 0.263. The molecular formula is C19H19N3O4S. The van der Waals surface area contributed by atoms with Crippen LogP contribution in [0, 0.1) is 6.92 Å². The van der Waals surface area contributed by atoms with Crippen LogP contribution in [0.15, 0.2) is 24.3 Å². The van der Waals surface area contributed by atoms with E-state index >= 15 is 0 Å². The number of rotatable bonds is 3. The lowest BCUT2D eigenvalue weighted by atomic mass is 10.1. The number of aromatic nitrogens is 1. The number of aliphatic hydroxyl groups is 1. The number of carbonyl (C=O) groups excluding carboxylic acids is 1. The Hall–Kier alpha value is -2.84. The topological polar surface area (TPSA) is 107 Å². The van der Waals surface area contributed by atoms with Gasteiger partial charge in [0.1, 0.15) is 22.9 Å². The number of ether oxygens (including phenoxy) is 2. The minimum atomic E-state index is -0.661. The van der Waals surface area contributed by atoms with Gasteiger partial charge in [0.05, 0.1) is 17.5 Å². The van der Waals surface area contributed by atoms with Crippen molar-refractivity contribution in [3.63, 3.8) is 0 Å². The summed E-state index contributed by atoms with van der Waals surface area (Å²) in [6, 6.07) is 7.13. The largest absolute Gasteiger partial charge is 0.486 e. The summed E-state index contributed by atoms with van der Waals surface area (Å²) in [7, 11) is 0. The van der Waals surface area contributed by atoms with E-state index < -0.39 is 6.10 Å². The summed E-state index contributed by atoms with van der Waals surface area (Å²) >= 11 is 1.22. The number of hydrogen-bond acceptors (Lipinski definition) is 7. The summed E-state index contributed by atoms with van der Waals surface area (Å²) < 4.78 is 11.2. The smallest absolute Gasteiger partial charge is 0.268 e. The molecule has 3 aromatic rings. The zero-order valence-corrected chi connectivity index (χ0v) is 15.7. The van der Waals surface area contributed by atoms with Gasteiger partial charge in [-0.15, -0.1) is 11.3 Å². The number of nitrogen functional groups attached to an aromatic ring is 1. The number of para-hydroxylation sites is 1. The quantitative estimate of drug-likeness (QED) is 0.639. The molecule has 3 heterocycles. The monoisotopic (exact) mass is 385 g/mol. The van der Waals surface area contributed by atoms with E-state index in [9.17, 15) is 9.90 Å². The zero-order chi connectivity index (χ0) is 19.1. The number of nitrogens with one attached hydrogen (secondary N) is 1. The number of fused-ring (bicyclic) bond motifs is 2. The molecule has 0 spiro atoms. The maximum absolute atomic E-state index is 12.8. The molecule has 0 fully saturated rings. The second-order valence-corrected chi connectivity index (χ2v) is 7.32. The third-order valence-electron chi connectivity index (χ3n) is 4.42. The highest BCUT2D eigenvalue weighted by Crippen LogP contribution is 2.39. The molecule has 1 amide bonds. The molecule has 0 aliphatic carbocycles. The molecule has 4 N–H and O–H groups in total. The molecule has 4 rings (SSSR count). The Kier molecular flexibility index (Phi) is 4.37. The highest BCUT2D eigenvalue weighted by molar-refractivity contribution is 7.21. The first-order valence-corrected chi connectivity index (χ1v) is 9.35. The summed E-state index contributed by atoms with van der Waals surface area (Å²) in [6.45, 7) is 4.40. The maximum atomic E-state index is 12.8. The van der Waals surface area contributed by atoms with Crippen LogP contribution in [0.3, 0.4) is 0 Å². The van der Waals surface area contributed by atoms with E-state index in [-0.39, 0.29) is 5.91 Å². The Balaban J connectivity index is 1.70. The SMILES string of the molecule is Cc1nc2sc(C(=O)Nc3cccc4c3OCCO4)c(N)c2cc1C(C)O. The summed E-state index contributed by atoms with van der Waals surface area (Å²) in [5.74, 6) is 0.777. The normalized spacial score (nSPS) is 14.2. The van der Waals surface area contributed by atoms with Gasteiger partial charge in [-0.1, -0.05) is 6.07 Å². The van der Waals surface area contributed by atoms with E-state index in [1.165, 1.54) is 11.3 Å². The summed E-state index contributed by atoms with van der Waals surface area (Å²) in [5.41, 5.74) is 8.52. The molecule has 27 heavy (non-hydrogen) atoms. The molecule has 0 saturated carbocycles. The number of nitrogens with two attached hydrogens (primary N) is 1. The zero-order valence-electron chi connectivity index (χ0n) is 14.9. The summed E-state index contributed by atoms with van der Waals surface area (Å²) in [4.78, 5) is 18.4. The molecule has 1 unspecified atom stereocenters. The lowest BCUT2D eigenvalue weighted by molar-refractivity contribution is 0.103. The van der Waals surface area contributed by atoms with Crippen molar-refractivity contribution in [1.82, 2.24) is 4.98 Å². The molecule has 0 radical (unpaired) electrons. The minimum absolute atomic E-state index is 0.339. The van der Waals surface area contributed by atoms with E-state index in [0.717, 1.165) is 0 Å². The fourth-order valence-electron chi connectivity index (χ4n) is 3.09. The average molecular weight is 385 g/mol. The summed E-state index contributed by atoms with van der Waals surface area (Å²) in [5, 5.41) is 13.4. The van der Waals surface area contributed by atoms with Crippen LogP contribution >= 0.6 is 11.3 Å². The van der Waals surface area contributed by atoms with E-state index in [4.69, 9.17) is 15.2 Å². The Labute approximate surface area is 159 Å². The number of amides is 1. The van der Waals surface area contributed by atoms with Gasteiger partial charge in [-0.05, 0) is 32.0 Å². The number of carbonyl (C=O) groups is 1. The highest BCUT2D eigenvalue weighted by atomic mass is 32.1. The Morgan fingerprint density at radius 2 is 2.15 bits per heavy atom. The molecular weight excluding hydrogens is 366 g/mol. The number of aliphatic hydroxyl groups excluding tert-OH is 1. The van der Waals surface area contributed by atoms with Crippen LogP contribution in [0.2, 0.25) is 0 Å². The van der Waals surface area contributed by atoms with Crippen LogP contribution in [-0.2, 0) is 0 Å². The van der Waals surface area contributed by atoms with Crippen molar-refractivity contribution < 1.29 is 19.4 Å². The van der Waals surface area contributed by atoms with Gasteiger partial charge in [0.15, 0.2) is 11.5 Å². The standard InChI is InChI=1S/C19H19N3O4S/c1-9-11(10(2)23)8-12-15(20)17(27-19(12)21-9)18(24)22-13-4-3-5-14-16(13)26-7-6-25-14/h3-5,8,10,23H,6-7,20H2,1-2H3,(H,22,24). The van der Waals surface area contributed by atoms with Gasteiger partial charge in [0, 0.05) is 16.6 Å². The van der Waals surface area contributed by atoms with Crippen LogP contribution in [0.4, 0.5) is 11.4 Å². The van der Waals surface area contributed by atoms with Gasteiger partial charge in [-0.3, -0.25) is 4.79 Å². The number of hydrogen-bond donors (Lipinski definition) is 3. The molecule has 0 saturated heterocycles. The highest BCUT2D eigenvalue weighted by Gasteiger charge is 2.22. The predicted molar refractivity (Wildman–Crippen MR) is 105 cm³/mol. The molecule has 2 aromatic heterocycles. The number of pyridine rings is 1. The maximum Gasteiger partial charge on any atom is 0.268 e. The van der Waals surface area contributed by atoms with Gasteiger partial charge < -0.3 is 25.6 Å². The molecule has 1 aliphatic heterocycles. The minimum Gasteiger partial charge on any atom is -0.486 e. The van der Waals surface area contributed by atoms with Gasteiger partial charge in [-0.2, -0.15) is 0 Å². The first kappa shape index (κ1) is 17.6. The van der Waals surface area contributed by atoms with Crippen molar-refractivity contribution in [2.24, 2.45) is 0 Å². The number of thiophene rings is 1. The number of benzene rings is 1. The van der Waals surface area contributed by atoms with E-state index in [0.29, 0.717) is 62.4 Å². The van der Waals surface area contributed by atoms with E-state index in [1.54, 1.807) is 31.2 Å². The molecule has 1 aromatic carbocycles. The lowest BCUT2D eigenvalue weighted by Crippen LogP contribution is -2.18. The van der Waals surface area contributed by atoms with Crippen LogP contribution in [0.5, 0.6) is 11.5 Å². The summed E-state index contributed by atoms with van der Waals surface area (Å²) in [6.07, 6.45) is -0.661. The van der Waals surface area contributed by atoms with Crippen LogP contribution in [0.25, 0.3) is 10.2 Å². The first-order chi connectivity index (χ1) is 13.0. The van der Waals surface area contributed by atoms with Crippen molar-refractivity contribution in [3.05, 3.63) is 40.4 Å². The molecule has 1 atom stereocenters. The van der Waals surface area contributed by atoms with Crippen LogP contribution in [0.1, 0.15) is 34.0 Å². The van der Waals surface area contributed by atoms with Crippen LogP contribution in [-0.4, -0.2) is 29.2 Å². The van der Waals surface area contributed by atoms with E-state index in [1.807, 2.05) is 6.92 Å². The second kappa shape index (κ2) is 6.71. The Morgan fingerprint density at radius 3 is 2.93 bits per heavy atom. The fourth-order valence-corrected chi connectivity index (χ4v) is 4.10. The number of aryl methyl sites for hydroxylation is 1.